The number of hydrogen-bond acceptors (Lipinski definition) is 7. The lowest BCUT2D eigenvalue weighted by Gasteiger charge is -2.41. The molecule has 2 unspecified atom stereocenters. The maximum absolute atomic E-state index is 11.5. The first-order chi connectivity index (χ1) is 10.6. The Bertz CT molecular complexity index is 927. The Morgan fingerprint density at radius 2 is 1.87 bits per heavy atom. The number of aliphatic hydroxyl groups excluding tert-OH is 1. The van der Waals surface area contributed by atoms with Gasteiger partial charge in [-0.15, -0.1) is 0 Å². The third-order valence-corrected chi connectivity index (χ3v) is 4.10. The van der Waals surface area contributed by atoms with Crippen LogP contribution in [0.1, 0.15) is 25.5 Å². The van der Waals surface area contributed by atoms with Gasteiger partial charge in [0.1, 0.15) is 29.1 Å². The van der Waals surface area contributed by atoms with Gasteiger partial charge in [0.05, 0.1) is 5.56 Å². The summed E-state index contributed by atoms with van der Waals surface area (Å²) in [6.45, 7) is 3.00. The summed E-state index contributed by atoms with van der Waals surface area (Å²) in [6.07, 6.45) is -2.92. The molecule has 2 atom stereocenters. The second-order valence-electron chi connectivity index (χ2n) is 5.75. The molecule has 1 aromatic carbocycles. The molecule has 1 aliphatic rings. The van der Waals surface area contributed by atoms with Crippen molar-refractivity contribution in [1.82, 2.24) is 0 Å². The summed E-state index contributed by atoms with van der Waals surface area (Å²) in [5.74, 6) is 0.236. The number of benzene rings is 1. The lowest BCUT2D eigenvalue weighted by atomic mass is 9.88. The van der Waals surface area contributed by atoms with E-state index in [-0.39, 0.29) is 16.9 Å². The van der Waals surface area contributed by atoms with Crippen LogP contribution in [0.2, 0.25) is 0 Å². The average Bonchev–Trinajstić information content (AvgIpc) is 2.41. The molecule has 23 heavy (non-hydrogen) atoms. The molecule has 2 heterocycles. The Kier molecular flexibility index (Phi) is 3.49. The zero-order chi connectivity index (χ0) is 17.0. The quantitative estimate of drug-likeness (QED) is 0.616. The van der Waals surface area contributed by atoms with Gasteiger partial charge in [0.25, 0.3) is 0 Å². The Morgan fingerprint density at radius 3 is 2.52 bits per heavy atom. The Hall–Kier alpha value is -1.94. The molecule has 3 rings (SSSR count). The molecule has 0 saturated carbocycles. The number of ether oxygens (including phenoxy) is 1. The number of rotatable bonds is 2. The molecule has 2 aromatic rings. The van der Waals surface area contributed by atoms with Crippen LogP contribution in [-0.4, -0.2) is 29.8 Å². The summed E-state index contributed by atoms with van der Waals surface area (Å²) in [4.78, 5) is 11.5. The second-order valence-corrected chi connectivity index (χ2v) is 6.79. The third-order valence-electron chi connectivity index (χ3n) is 3.65. The van der Waals surface area contributed by atoms with Gasteiger partial charge < -0.3 is 14.3 Å². The van der Waals surface area contributed by atoms with E-state index in [1.807, 2.05) is 0 Å². The van der Waals surface area contributed by atoms with E-state index in [4.69, 9.17) is 13.7 Å². The SMILES string of the molecule is CC1(C)Oc2ccc3ccc(=O)oc3c2C(O)C1OS(=O)(=O)O. The number of fused-ring (bicyclic) bond motifs is 3. The summed E-state index contributed by atoms with van der Waals surface area (Å²) < 4.78 is 46.4. The van der Waals surface area contributed by atoms with Crippen LogP contribution < -0.4 is 10.4 Å². The van der Waals surface area contributed by atoms with Crippen molar-refractivity contribution in [2.75, 3.05) is 0 Å². The van der Waals surface area contributed by atoms with Crippen LogP contribution in [0.5, 0.6) is 5.75 Å². The zero-order valence-corrected chi connectivity index (χ0v) is 13.0. The van der Waals surface area contributed by atoms with Crippen LogP contribution in [0.25, 0.3) is 11.0 Å². The summed E-state index contributed by atoms with van der Waals surface area (Å²) >= 11 is 0. The van der Waals surface area contributed by atoms with Crippen molar-refractivity contribution in [3.8, 4) is 5.75 Å². The minimum atomic E-state index is -4.82. The summed E-state index contributed by atoms with van der Waals surface area (Å²) in [7, 11) is -4.82. The molecule has 0 spiro atoms. The van der Waals surface area contributed by atoms with E-state index in [1.54, 1.807) is 12.1 Å². The minimum Gasteiger partial charge on any atom is -0.484 e. The van der Waals surface area contributed by atoms with Gasteiger partial charge in [0, 0.05) is 11.5 Å². The predicted molar refractivity (Wildman–Crippen MR) is 78.6 cm³/mol. The van der Waals surface area contributed by atoms with Crippen molar-refractivity contribution in [2.24, 2.45) is 0 Å². The van der Waals surface area contributed by atoms with Crippen molar-refractivity contribution < 1.29 is 31.4 Å². The fraction of sp³-hybridized carbons (Fsp3) is 0.357. The van der Waals surface area contributed by atoms with E-state index in [0.29, 0.717) is 5.39 Å². The molecule has 124 valence electrons. The van der Waals surface area contributed by atoms with Crippen molar-refractivity contribution in [2.45, 2.75) is 31.7 Å². The lowest BCUT2D eigenvalue weighted by Crippen LogP contribution is -2.51. The normalized spacial score (nSPS) is 23.3. The second kappa shape index (κ2) is 5.03. The fourth-order valence-corrected chi connectivity index (χ4v) is 3.28. The lowest BCUT2D eigenvalue weighted by molar-refractivity contribution is -0.0984. The first kappa shape index (κ1) is 15.9. The average molecular weight is 342 g/mol. The van der Waals surface area contributed by atoms with Crippen LogP contribution in [0.4, 0.5) is 0 Å². The summed E-state index contributed by atoms with van der Waals surface area (Å²) in [6, 6.07) is 5.95. The number of hydrogen-bond donors (Lipinski definition) is 2. The maximum Gasteiger partial charge on any atom is 0.397 e. The molecular formula is C14H14O8S. The van der Waals surface area contributed by atoms with Crippen molar-refractivity contribution >= 4 is 21.4 Å². The van der Waals surface area contributed by atoms with Crippen molar-refractivity contribution in [3.63, 3.8) is 0 Å². The Morgan fingerprint density at radius 1 is 1.22 bits per heavy atom. The first-order valence-electron chi connectivity index (χ1n) is 6.68. The number of aliphatic hydroxyl groups is 1. The zero-order valence-electron chi connectivity index (χ0n) is 12.2. The van der Waals surface area contributed by atoms with Crippen LogP contribution in [-0.2, 0) is 14.6 Å². The molecular weight excluding hydrogens is 328 g/mol. The molecule has 0 aliphatic carbocycles. The van der Waals surface area contributed by atoms with E-state index in [0.717, 1.165) is 0 Å². The molecule has 1 aromatic heterocycles. The minimum absolute atomic E-state index is 0.0712. The molecule has 0 fully saturated rings. The van der Waals surface area contributed by atoms with Gasteiger partial charge in [0.15, 0.2) is 0 Å². The van der Waals surface area contributed by atoms with E-state index >= 15 is 0 Å². The van der Waals surface area contributed by atoms with E-state index in [9.17, 15) is 18.3 Å². The monoisotopic (exact) mass is 342 g/mol. The molecule has 2 N–H and O–H groups in total. The van der Waals surface area contributed by atoms with Gasteiger partial charge in [-0.2, -0.15) is 8.42 Å². The van der Waals surface area contributed by atoms with Gasteiger partial charge >= 0.3 is 16.0 Å². The van der Waals surface area contributed by atoms with Crippen LogP contribution in [0.3, 0.4) is 0 Å². The highest BCUT2D eigenvalue weighted by atomic mass is 32.3. The van der Waals surface area contributed by atoms with E-state index in [2.05, 4.69) is 4.18 Å². The van der Waals surface area contributed by atoms with Crippen LogP contribution in [0.15, 0.2) is 33.5 Å². The van der Waals surface area contributed by atoms with Gasteiger partial charge in [0.2, 0.25) is 0 Å². The first-order valence-corrected chi connectivity index (χ1v) is 8.04. The van der Waals surface area contributed by atoms with Crippen LogP contribution >= 0.6 is 0 Å². The third kappa shape index (κ3) is 2.83. The predicted octanol–water partition coefficient (Wildman–Crippen LogP) is 1.19. The van der Waals surface area contributed by atoms with Gasteiger partial charge in [-0.05, 0) is 32.0 Å². The van der Waals surface area contributed by atoms with Gasteiger partial charge in [-0.25, -0.2) is 8.98 Å². The van der Waals surface area contributed by atoms with Crippen molar-refractivity contribution in [1.29, 1.82) is 0 Å². The van der Waals surface area contributed by atoms with Crippen molar-refractivity contribution in [3.05, 3.63) is 40.2 Å². The molecule has 0 amide bonds. The highest BCUT2D eigenvalue weighted by molar-refractivity contribution is 7.80. The molecule has 0 saturated heterocycles. The molecule has 8 nitrogen and oxygen atoms in total. The van der Waals surface area contributed by atoms with Gasteiger partial charge in [-0.1, -0.05) is 0 Å². The Balaban J connectivity index is 2.23. The van der Waals surface area contributed by atoms with Gasteiger partial charge in [-0.3, -0.25) is 4.55 Å². The highest BCUT2D eigenvalue weighted by Crippen LogP contribution is 2.44. The largest absolute Gasteiger partial charge is 0.484 e. The van der Waals surface area contributed by atoms with E-state index < -0.39 is 33.8 Å². The topological polar surface area (TPSA) is 123 Å². The summed E-state index contributed by atoms with van der Waals surface area (Å²) in [5.41, 5.74) is -1.73. The van der Waals surface area contributed by atoms with E-state index in [1.165, 1.54) is 26.0 Å². The fourth-order valence-electron chi connectivity index (χ4n) is 2.68. The highest BCUT2D eigenvalue weighted by Gasteiger charge is 2.47. The Labute approximate surface area is 131 Å². The molecule has 0 bridgehead atoms. The molecule has 1 aliphatic heterocycles. The molecule has 0 radical (unpaired) electrons. The molecule has 9 heteroatoms. The van der Waals surface area contributed by atoms with Crippen LogP contribution in [0, 0.1) is 0 Å². The smallest absolute Gasteiger partial charge is 0.397 e. The standard InChI is InChI=1S/C14H14O8S/c1-14(2)13(22-23(17,18)19)11(16)10-8(21-14)5-3-7-4-6-9(15)20-12(7)10/h3-6,11,13,16H,1-2H3,(H,17,18,19). The summed E-state index contributed by atoms with van der Waals surface area (Å²) in [5, 5.41) is 11.1. The maximum atomic E-state index is 11.5.